The number of nitrogens with zero attached hydrogens (tertiary/aromatic N) is 4. The van der Waals surface area contributed by atoms with Gasteiger partial charge in [-0.05, 0) is 25.8 Å². The van der Waals surface area contributed by atoms with Crippen molar-refractivity contribution in [2.75, 3.05) is 43.3 Å². The van der Waals surface area contributed by atoms with Gasteiger partial charge in [0.25, 0.3) is 5.91 Å². The van der Waals surface area contributed by atoms with Crippen LogP contribution in [0.15, 0.2) is 30.4 Å². The molecule has 0 saturated heterocycles. The molecule has 0 bridgehead atoms. The Kier molecular flexibility index (Phi) is 3.47. The summed E-state index contributed by atoms with van der Waals surface area (Å²) in [6.07, 6.45) is -1.29. The number of aromatic nitrogens is 3. The van der Waals surface area contributed by atoms with Gasteiger partial charge in [-0.15, -0.1) is 0 Å². The van der Waals surface area contributed by atoms with Crippen LogP contribution < -0.4 is 34.5 Å². The maximum absolute atomic E-state index is 15.4. The number of fused-ring (bicyclic) bond motifs is 1. The summed E-state index contributed by atoms with van der Waals surface area (Å²) in [7, 11) is -16.0. The van der Waals surface area contributed by atoms with Crippen molar-refractivity contribution in [3.05, 3.63) is 36.2 Å². The number of nitrogens with one attached hydrogen (secondary N) is 2. The SMILES string of the molecule is [2H]c1nc(Nc2cc(OC([2H])([2H])[2H])c(OC([2H])([2H])[2H])c(OC([2H])([2H])[2H])c2)nc(Nc2nc3c(c([2H])c2[2H])OC(C([2H])([2H])[2H])(C([2H])([2H])[2H])C(=O)N3C([2H])([2H])OP(=O)(O)O)c1F. The van der Waals surface area contributed by atoms with Gasteiger partial charge in [-0.3, -0.25) is 14.2 Å². The fourth-order valence-electron chi connectivity index (χ4n) is 2.88. The third-order valence-corrected chi connectivity index (χ3v) is 4.78. The summed E-state index contributed by atoms with van der Waals surface area (Å²) in [5.74, 6) is -13.1. The lowest BCUT2D eigenvalue weighted by molar-refractivity contribution is -0.133. The van der Waals surface area contributed by atoms with Gasteiger partial charge in [-0.2, -0.15) is 4.98 Å². The highest BCUT2D eigenvalue weighted by Crippen LogP contribution is 2.42. The molecule has 4 rings (SSSR count). The number of hydrogen-bond donors (Lipinski definition) is 4. The van der Waals surface area contributed by atoms with Crippen LogP contribution in [0.4, 0.5) is 33.5 Å². The molecule has 1 aliphatic rings. The van der Waals surface area contributed by atoms with E-state index in [-0.39, 0.29) is 0 Å². The number of halogens is 1. The minimum absolute atomic E-state index is 0.504. The molecule has 0 unspecified atom stereocenters. The molecule has 40 heavy (non-hydrogen) atoms. The van der Waals surface area contributed by atoms with Crippen LogP contribution in [0.5, 0.6) is 23.0 Å². The predicted molar refractivity (Wildman–Crippen MR) is 139 cm³/mol. The molecule has 0 atom stereocenters. The van der Waals surface area contributed by atoms with Crippen molar-refractivity contribution < 1.29 is 74.4 Å². The summed E-state index contributed by atoms with van der Waals surface area (Å²) in [6.45, 7) is -12.4. The first-order valence-electron chi connectivity index (χ1n) is 19.9. The van der Waals surface area contributed by atoms with Crippen LogP contribution in [0.25, 0.3) is 0 Å². The number of amides is 1. The maximum atomic E-state index is 15.4. The van der Waals surface area contributed by atoms with Crippen molar-refractivity contribution in [1.82, 2.24) is 15.0 Å². The van der Waals surface area contributed by atoms with Crippen molar-refractivity contribution >= 4 is 42.8 Å². The van der Waals surface area contributed by atoms with E-state index in [1.165, 1.54) is 0 Å². The minimum atomic E-state index is -6.01. The zero-order valence-corrected chi connectivity index (χ0v) is 19.9. The molecule has 2 aromatic heterocycles. The minimum Gasteiger partial charge on any atom is -0.493 e. The van der Waals surface area contributed by atoms with Crippen LogP contribution in [0.3, 0.4) is 0 Å². The summed E-state index contributed by atoms with van der Waals surface area (Å²) in [5, 5.41) is 4.33. The van der Waals surface area contributed by atoms with Crippen molar-refractivity contribution in [2.45, 2.75) is 19.3 Å². The monoisotopic (exact) mass is 600 g/mol. The van der Waals surface area contributed by atoms with Crippen molar-refractivity contribution in [3.8, 4) is 23.0 Å². The van der Waals surface area contributed by atoms with E-state index in [4.69, 9.17) is 46.4 Å². The second kappa shape index (κ2) is 11.1. The number of phosphoric ester groups is 1. The zero-order valence-electron chi connectivity index (χ0n) is 39.0. The van der Waals surface area contributed by atoms with Gasteiger partial charge in [0, 0.05) is 26.0 Å². The van der Waals surface area contributed by atoms with Gasteiger partial charge >= 0.3 is 7.82 Å². The predicted octanol–water partition coefficient (Wildman–Crippen LogP) is 3.09. The van der Waals surface area contributed by atoms with Crippen LogP contribution in [-0.2, 0) is 13.9 Å². The van der Waals surface area contributed by atoms with Crippen LogP contribution in [0.1, 0.15) is 41.1 Å². The quantitative estimate of drug-likeness (QED) is 0.249. The van der Waals surface area contributed by atoms with E-state index in [1.54, 1.807) is 0 Å². The number of rotatable bonds is 10. The largest absolute Gasteiger partial charge is 0.493 e. The number of carbonyl (C=O) groups is 1. The third-order valence-electron chi connectivity index (χ3n) is 4.46. The Morgan fingerprint density at radius 2 is 1.90 bits per heavy atom. The molecule has 3 heterocycles. The molecule has 0 spiro atoms. The number of hydrogen-bond acceptors (Lipinski definition) is 12. The van der Waals surface area contributed by atoms with Gasteiger partial charge in [0.05, 0.1) is 46.5 Å². The van der Waals surface area contributed by atoms with E-state index in [9.17, 15) is 19.1 Å². The summed E-state index contributed by atoms with van der Waals surface area (Å²) in [5.41, 5.74) is -4.63. The standard InChI is InChI=1S/C23H26FN6O9P/c1-23(2)21(31)30(11-38-40(32,33)34)20-14(39-23)6-7-17(28-20)27-19-13(24)10-25-22(29-19)26-12-8-15(35-3)18(37-5)16(9-12)36-4/h6-10H,11H2,1-5H3,(H2,32,33,34)(H2,25,26,27,28,29)/i1D3,2D3,3D3,4D3,5D3,6D,7D,10D,11D2. The Bertz CT molecular complexity index is 2180. The zero-order chi connectivity index (χ0) is 46.1. The first-order valence-corrected chi connectivity index (χ1v) is 11.4. The van der Waals surface area contributed by atoms with Crippen molar-refractivity contribution in [3.63, 3.8) is 0 Å². The highest BCUT2D eigenvalue weighted by molar-refractivity contribution is 7.46. The van der Waals surface area contributed by atoms with Gasteiger partial charge < -0.3 is 39.4 Å². The van der Waals surface area contributed by atoms with Gasteiger partial charge in [0.15, 0.2) is 40.3 Å². The van der Waals surface area contributed by atoms with Gasteiger partial charge in [-0.25, -0.2) is 18.9 Å². The highest BCUT2D eigenvalue weighted by Gasteiger charge is 2.42. The first kappa shape index (κ1) is 12.5. The molecule has 4 N–H and O–H groups in total. The molecule has 0 radical (unpaired) electrons. The molecule has 17 heteroatoms. The lowest BCUT2D eigenvalue weighted by Crippen LogP contribution is -2.53. The molecule has 1 amide bonds. The summed E-state index contributed by atoms with van der Waals surface area (Å²) < 4.78 is 206. The normalized spacial score (nSPS) is 23.5. The Morgan fingerprint density at radius 3 is 2.55 bits per heavy atom. The second-order valence-corrected chi connectivity index (χ2v) is 8.30. The number of benzene rings is 1. The molecule has 1 aliphatic heterocycles. The third kappa shape index (κ3) is 6.15. The Balaban J connectivity index is 1.92. The fourth-order valence-corrected chi connectivity index (χ4v) is 3.07. The van der Waals surface area contributed by atoms with Crippen LogP contribution in [-0.4, -0.2) is 64.0 Å². The molecule has 3 aromatic rings. The summed E-state index contributed by atoms with van der Waals surface area (Å²) in [6, 6.07) is -1.24. The van der Waals surface area contributed by atoms with E-state index in [2.05, 4.69) is 24.8 Å². The molecule has 0 saturated carbocycles. The van der Waals surface area contributed by atoms with Crippen molar-refractivity contribution in [1.29, 1.82) is 0 Å². The van der Waals surface area contributed by atoms with E-state index in [0.29, 0.717) is 12.1 Å². The maximum Gasteiger partial charge on any atom is 0.471 e. The molecular formula is C23H26FN6O9P. The number of methoxy groups -OCH3 is 3. The fraction of sp³-hybridized carbons (Fsp3) is 0.304. The summed E-state index contributed by atoms with van der Waals surface area (Å²) in [4.78, 5) is 42.8. The van der Waals surface area contributed by atoms with Crippen LogP contribution in [0.2, 0.25) is 0 Å². The number of phosphoric acid groups is 1. The summed E-state index contributed by atoms with van der Waals surface area (Å²) >= 11 is 0. The molecule has 214 valence electrons. The number of anilines is 5. The highest BCUT2D eigenvalue weighted by atomic mass is 31.2. The lowest BCUT2D eigenvalue weighted by atomic mass is 10.1. The molecule has 0 aliphatic carbocycles. The van der Waals surface area contributed by atoms with E-state index < -0.39 is 142 Å². The van der Waals surface area contributed by atoms with E-state index in [1.807, 2.05) is 5.32 Å². The number of ether oxygens (including phenoxy) is 4. The number of carbonyl (C=O) groups excluding carboxylic acids is 1. The molecular weight excluding hydrogens is 554 g/mol. The molecule has 0 fully saturated rings. The van der Waals surface area contributed by atoms with Crippen LogP contribution in [0, 0.1) is 5.82 Å². The van der Waals surface area contributed by atoms with E-state index in [0.717, 1.165) is 0 Å². The van der Waals surface area contributed by atoms with Gasteiger partial charge in [0.2, 0.25) is 11.7 Å². The average molecular weight is 601 g/mol. The molecule has 15 nitrogen and oxygen atoms in total. The molecule has 1 aromatic carbocycles. The van der Waals surface area contributed by atoms with Crippen LogP contribution >= 0.6 is 7.82 Å². The lowest BCUT2D eigenvalue weighted by Gasteiger charge is -2.37. The average Bonchev–Trinajstić information content (AvgIpc) is 2.99. The number of pyridine rings is 1. The first-order chi connectivity index (χ1) is 26.8. The Morgan fingerprint density at radius 1 is 1.18 bits per heavy atom. The van der Waals surface area contributed by atoms with Gasteiger partial charge in [0.1, 0.15) is 12.5 Å². The topological polar surface area (TPSA) is 187 Å². The van der Waals surface area contributed by atoms with E-state index >= 15 is 4.39 Å². The van der Waals surface area contributed by atoms with Crippen molar-refractivity contribution in [2.24, 2.45) is 0 Å². The second-order valence-electron chi connectivity index (χ2n) is 7.14. The Hall–Kier alpha value is -4.24. The smallest absolute Gasteiger partial charge is 0.471 e. The Labute approximate surface area is 255 Å². The van der Waals surface area contributed by atoms with Gasteiger partial charge in [-0.1, -0.05) is 0 Å².